The highest BCUT2D eigenvalue weighted by Gasteiger charge is 2.22. The average Bonchev–Trinajstić information content (AvgIpc) is 3.16. The normalized spacial score (nSPS) is 16.0. The summed E-state index contributed by atoms with van der Waals surface area (Å²) in [6.07, 6.45) is 2.00. The molecule has 1 aromatic heterocycles. The number of nitrogens with two attached hydrogens (primary N) is 1. The van der Waals surface area contributed by atoms with E-state index in [4.69, 9.17) is 5.73 Å². The number of piperidine rings is 1. The number of primary amides is 1. The number of fused-ring (bicyclic) bond motifs is 1. The predicted octanol–water partition coefficient (Wildman–Crippen LogP) is 2.04. The lowest BCUT2D eigenvalue weighted by Gasteiger charge is -2.21. The van der Waals surface area contributed by atoms with Crippen LogP contribution in [-0.4, -0.2) is 43.8 Å². The molecule has 29 heavy (non-hydrogen) atoms. The maximum Gasteiger partial charge on any atom is 0.251 e. The summed E-state index contributed by atoms with van der Waals surface area (Å²) in [6, 6.07) is 11.2. The van der Waals surface area contributed by atoms with E-state index in [1.54, 1.807) is 12.1 Å². The van der Waals surface area contributed by atoms with Crippen molar-refractivity contribution in [2.24, 2.45) is 5.73 Å². The lowest BCUT2D eigenvalue weighted by molar-refractivity contribution is 0.100. The Morgan fingerprint density at radius 1 is 1.24 bits per heavy atom. The summed E-state index contributed by atoms with van der Waals surface area (Å²) < 4.78 is 21.6. The fourth-order valence-electron chi connectivity index (χ4n) is 3.86. The van der Waals surface area contributed by atoms with Gasteiger partial charge in [0.15, 0.2) is 0 Å². The van der Waals surface area contributed by atoms with E-state index in [9.17, 15) is 13.6 Å². The monoisotopic (exact) mass is 412 g/mol. The smallest absolute Gasteiger partial charge is 0.251 e. The third-order valence-electron chi connectivity index (χ3n) is 5.29. The van der Waals surface area contributed by atoms with Gasteiger partial charge in [0.1, 0.15) is 5.52 Å². The van der Waals surface area contributed by atoms with Gasteiger partial charge in [-0.15, -0.1) is 0 Å². The summed E-state index contributed by atoms with van der Waals surface area (Å²) in [4.78, 5) is 12.1. The number of nitrogens with one attached hydrogen (secondary N) is 3. The van der Waals surface area contributed by atoms with Crippen LogP contribution < -0.4 is 16.4 Å². The van der Waals surface area contributed by atoms with Crippen LogP contribution in [0.15, 0.2) is 36.4 Å². The Balaban J connectivity index is 1.79. The number of anilines is 1. The van der Waals surface area contributed by atoms with Crippen molar-refractivity contribution >= 4 is 33.6 Å². The van der Waals surface area contributed by atoms with E-state index in [-0.39, 0.29) is 5.88 Å². The Kier molecular flexibility index (Phi) is 5.61. The molecule has 4 rings (SSSR count). The summed E-state index contributed by atoms with van der Waals surface area (Å²) in [5, 5.41) is 14.6. The quantitative estimate of drug-likeness (QED) is 0.458. The van der Waals surface area contributed by atoms with E-state index in [2.05, 4.69) is 20.8 Å². The Labute approximate surface area is 170 Å². The molecule has 1 unspecified atom stereocenters. The maximum absolute atomic E-state index is 12.1. The lowest BCUT2D eigenvalue weighted by atomic mass is 9.90. The van der Waals surface area contributed by atoms with Gasteiger partial charge in [-0.1, -0.05) is 12.1 Å². The van der Waals surface area contributed by atoms with Crippen molar-refractivity contribution in [3.8, 4) is 11.1 Å². The molecule has 3 aromatic rings. The van der Waals surface area contributed by atoms with Gasteiger partial charge < -0.3 is 20.9 Å². The molecule has 1 aliphatic rings. The van der Waals surface area contributed by atoms with E-state index in [1.807, 2.05) is 24.3 Å². The number of H-pyrrole nitrogens is 1. The van der Waals surface area contributed by atoms with E-state index in [1.165, 1.54) is 0 Å². The number of hydrogen-bond acceptors (Lipinski definition) is 6. The minimum absolute atomic E-state index is 0.170. The molecular formula is C20H22N5O3S-. The van der Waals surface area contributed by atoms with Gasteiger partial charge in [0.2, 0.25) is 0 Å². The highest BCUT2D eigenvalue weighted by molar-refractivity contribution is 7.79. The van der Waals surface area contributed by atoms with Gasteiger partial charge in [0, 0.05) is 22.7 Å². The minimum atomic E-state index is -2.19. The molecule has 1 aliphatic heterocycles. The molecule has 1 amide bonds. The van der Waals surface area contributed by atoms with Crippen LogP contribution >= 0.6 is 0 Å². The largest absolute Gasteiger partial charge is 0.771 e. The van der Waals surface area contributed by atoms with Crippen molar-refractivity contribution < 1.29 is 13.6 Å². The van der Waals surface area contributed by atoms with Crippen LogP contribution in [0.3, 0.4) is 0 Å². The Hall–Kier alpha value is -2.75. The van der Waals surface area contributed by atoms with Crippen LogP contribution in [0.5, 0.6) is 0 Å². The summed E-state index contributed by atoms with van der Waals surface area (Å²) in [7, 11) is 0. The highest BCUT2D eigenvalue weighted by Crippen LogP contribution is 2.34. The molecule has 1 fully saturated rings. The molecule has 8 nitrogen and oxygen atoms in total. The van der Waals surface area contributed by atoms with Crippen molar-refractivity contribution in [2.45, 2.75) is 18.8 Å². The van der Waals surface area contributed by atoms with Gasteiger partial charge in [-0.3, -0.25) is 14.1 Å². The highest BCUT2D eigenvalue weighted by atomic mass is 32.2. The molecule has 2 aromatic carbocycles. The second-order valence-electron chi connectivity index (χ2n) is 7.15. The second-order valence-corrected chi connectivity index (χ2v) is 8.05. The van der Waals surface area contributed by atoms with Crippen molar-refractivity contribution in [1.82, 2.24) is 15.5 Å². The Bertz CT molecular complexity index is 1080. The third kappa shape index (κ3) is 4.16. The molecule has 2 heterocycles. The molecule has 0 aliphatic carbocycles. The van der Waals surface area contributed by atoms with Crippen LogP contribution in [0.1, 0.15) is 34.8 Å². The van der Waals surface area contributed by atoms with E-state index in [0.717, 1.165) is 48.1 Å². The van der Waals surface area contributed by atoms with Crippen molar-refractivity contribution in [1.29, 1.82) is 0 Å². The van der Waals surface area contributed by atoms with Gasteiger partial charge in [-0.2, -0.15) is 5.10 Å². The topological polar surface area (TPSA) is 136 Å². The number of carbonyl (C=O) groups is 1. The van der Waals surface area contributed by atoms with Gasteiger partial charge in [-0.05, 0) is 72.4 Å². The van der Waals surface area contributed by atoms with Crippen LogP contribution in [0.2, 0.25) is 0 Å². The predicted molar refractivity (Wildman–Crippen MR) is 112 cm³/mol. The van der Waals surface area contributed by atoms with E-state index >= 15 is 0 Å². The first kappa shape index (κ1) is 19.6. The van der Waals surface area contributed by atoms with Crippen molar-refractivity contribution in [2.75, 3.05) is 24.3 Å². The fraction of sp³-hybridized carbons (Fsp3) is 0.300. The number of benzene rings is 2. The van der Waals surface area contributed by atoms with Crippen LogP contribution in [-0.2, 0) is 11.1 Å². The fourth-order valence-corrected chi connectivity index (χ4v) is 4.15. The van der Waals surface area contributed by atoms with Crippen LogP contribution in [0, 0.1) is 0 Å². The SMILES string of the molecule is NC(=O)c1cc(-c2cccc(NCS(=O)[O-])c2)cc2c(C3CCNCC3)[nH]nc12. The molecule has 9 heteroatoms. The van der Waals surface area contributed by atoms with E-state index in [0.29, 0.717) is 22.7 Å². The zero-order chi connectivity index (χ0) is 20.4. The van der Waals surface area contributed by atoms with E-state index < -0.39 is 17.0 Å². The molecule has 152 valence electrons. The number of carbonyl (C=O) groups excluding carboxylic acids is 1. The van der Waals surface area contributed by atoms with Crippen molar-refractivity contribution in [3.63, 3.8) is 0 Å². The van der Waals surface area contributed by atoms with Crippen molar-refractivity contribution in [3.05, 3.63) is 47.7 Å². The first-order valence-corrected chi connectivity index (χ1v) is 10.7. The first-order chi connectivity index (χ1) is 14.0. The summed E-state index contributed by atoms with van der Waals surface area (Å²) in [5.74, 6) is -0.357. The van der Waals surface area contributed by atoms with Gasteiger partial charge in [0.25, 0.3) is 5.91 Å². The molecule has 1 atom stereocenters. The Morgan fingerprint density at radius 2 is 2.03 bits per heavy atom. The minimum Gasteiger partial charge on any atom is -0.771 e. The molecule has 0 radical (unpaired) electrons. The molecule has 1 saturated heterocycles. The standard InChI is InChI=1S/C20H23N5O3S/c21-20(26)17-10-14(13-2-1-3-15(8-13)23-11-29(27)28)9-16-18(24-25-19(16)17)12-4-6-22-7-5-12/h1-3,8-10,12,22-23H,4-7,11H2,(H2,21,26)(H,24,25)(H,27,28)/p-1. The number of amides is 1. The summed E-state index contributed by atoms with van der Waals surface area (Å²) in [5.41, 5.74) is 9.99. The lowest BCUT2D eigenvalue weighted by Crippen LogP contribution is -2.26. The van der Waals surface area contributed by atoms with Gasteiger partial charge in [-0.25, -0.2) is 0 Å². The molecular weight excluding hydrogens is 390 g/mol. The second kappa shape index (κ2) is 8.32. The van der Waals surface area contributed by atoms with Gasteiger partial charge in [0.05, 0.1) is 11.4 Å². The average molecular weight is 412 g/mol. The summed E-state index contributed by atoms with van der Waals surface area (Å²) >= 11 is -2.19. The van der Waals surface area contributed by atoms with Crippen LogP contribution in [0.25, 0.3) is 22.0 Å². The molecule has 0 spiro atoms. The third-order valence-corrected chi connectivity index (χ3v) is 5.67. The number of nitrogens with zero attached hydrogens (tertiary/aromatic N) is 1. The zero-order valence-corrected chi connectivity index (χ0v) is 16.6. The number of rotatable bonds is 6. The number of aromatic nitrogens is 2. The van der Waals surface area contributed by atoms with Gasteiger partial charge >= 0.3 is 0 Å². The Morgan fingerprint density at radius 3 is 2.76 bits per heavy atom. The van der Waals surface area contributed by atoms with Crippen LogP contribution in [0.4, 0.5) is 5.69 Å². The first-order valence-electron chi connectivity index (χ1n) is 9.45. The number of aromatic amines is 1. The zero-order valence-electron chi connectivity index (χ0n) is 15.7. The maximum atomic E-state index is 12.1. The molecule has 0 bridgehead atoms. The molecule has 5 N–H and O–H groups in total. The summed E-state index contributed by atoms with van der Waals surface area (Å²) in [6.45, 7) is 1.89. The molecule has 0 saturated carbocycles. The number of hydrogen-bond donors (Lipinski definition) is 4.